The van der Waals surface area contributed by atoms with E-state index in [0.29, 0.717) is 12.0 Å². The van der Waals surface area contributed by atoms with Gasteiger partial charge in [-0.25, -0.2) is 0 Å². The van der Waals surface area contributed by atoms with E-state index in [-0.39, 0.29) is 17.3 Å². The van der Waals surface area contributed by atoms with Crippen LogP contribution in [-0.2, 0) is 11.2 Å². The van der Waals surface area contributed by atoms with Crippen molar-refractivity contribution in [3.8, 4) is 11.8 Å². The predicted octanol–water partition coefficient (Wildman–Crippen LogP) is 4.54. The molecule has 2 aromatic carbocycles. The Morgan fingerprint density at radius 3 is 2.31 bits per heavy atom. The number of nitrogens with one attached hydrogen (secondary N) is 1. The van der Waals surface area contributed by atoms with Gasteiger partial charge < -0.3 is 10.1 Å². The molecule has 0 heterocycles. The Labute approximate surface area is 168 Å². The minimum atomic E-state index is -4.46. The van der Waals surface area contributed by atoms with E-state index >= 15 is 0 Å². The Morgan fingerprint density at radius 1 is 1.03 bits per heavy atom. The second kappa shape index (κ2) is 9.92. The largest absolute Gasteiger partial charge is 0.405 e. The molecule has 0 spiro atoms. The Hall–Kier alpha value is -3.07. The first-order valence-corrected chi connectivity index (χ1v) is 9.18. The maximum Gasteiger partial charge on any atom is 0.405 e. The zero-order chi connectivity index (χ0) is 21.4. The first-order valence-electron chi connectivity index (χ1n) is 9.18. The fourth-order valence-corrected chi connectivity index (χ4v) is 2.85. The van der Waals surface area contributed by atoms with Crippen LogP contribution in [0.4, 0.5) is 13.2 Å². The topological polar surface area (TPSA) is 46.2 Å². The van der Waals surface area contributed by atoms with Gasteiger partial charge in [0.2, 0.25) is 0 Å². The first-order chi connectivity index (χ1) is 13.6. The third-order valence-electron chi connectivity index (χ3n) is 4.10. The molecule has 0 fully saturated rings. The van der Waals surface area contributed by atoms with Crippen LogP contribution in [0.25, 0.3) is 0 Å². The lowest BCUT2D eigenvalue weighted by atomic mass is 9.96. The number of alkyl halides is 3. The lowest BCUT2D eigenvalue weighted by molar-refractivity contribution is -0.123. The van der Waals surface area contributed by atoms with Gasteiger partial charge in [0.05, 0.1) is 0 Å². The van der Waals surface area contributed by atoms with Crippen molar-refractivity contribution in [3.05, 3.63) is 70.8 Å². The van der Waals surface area contributed by atoms with Crippen LogP contribution >= 0.6 is 0 Å². The lowest BCUT2D eigenvalue weighted by Gasteiger charge is -2.09. The van der Waals surface area contributed by atoms with Gasteiger partial charge in [0, 0.05) is 23.1 Å². The fourth-order valence-electron chi connectivity index (χ4n) is 2.85. The summed E-state index contributed by atoms with van der Waals surface area (Å²) in [5.41, 5.74) is 2.55. The van der Waals surface area contributed by atoms with Gasteiger partial charge in [-0.2, -0.15) is 13.2 Å². The summed E-state index contributed by atoms with van der Waals surface area (Å²) in [6.07, 6.45) is -3.10. The molecule has 1 atom stereocenters. The molecule has 1 N–H and O–H groups in total. The van der Waals surface area contributed by atoms with Crippen LogP contribution in [0.15, 0.2) is 48.5 Å². The number of carbonyl (C=O) groups is 2. The number of rotatable bonds is 6. The first kappa shape index (κ1) is 22.2. The van der Waals surface area contributed by atoms with Crippen molar-refractivity contribution in [2.24, 2.45) is 5.92 Å². The number of carbonyl (C=O) groups excluding carboxylic acids is 2. The van der Waals surface area contributed by atoms with E-state index in [1.54, 1.807) is 19.1 Å². The van der Waals surface area contributed by atoms with Crippen molar-refractivity contribution in [3.63, 3.8) is 0 Å². The van der Waals surface area contributed by atoms with Crippen LogP contribution in [0.5, 0.6) is 0 Å². The summed E-state index contributed by atoms with van der Waals surface area (Å²) in [5, 5.41) is 1.84. The molecule has 0 aromatic heterocycles. The molecule has 0 saturated carbocycles. The Bertz CT molecular complexity index is 922. The summed E-state index contributed by atoms with van der Waals surface area (Å²) in [6.45, 7) is 2.25. The molecule has 1 unspecified atom stereocenters. The zero-order valence-electron chi connectivity index (χ0n) is 16.3. The van der Waals surface area contributed by atoms with Gasteiger partial charge in [-0.15, -0.1) is 0 Å². The van der Waals surface area contributed by atoms with Crippen molar-refractivity contribution in [1.29, 1.82) is 0 Å². The van der Waals surface area contributed by atoms with Gasteiger partial charge in [0.15, 0.2) is 0 Å². The van der Waals surface area contributed by atoms with Gasteiger partial charge in [-0.1, -0.05) is 37.0 Å². The molecule has 152 valence electrons. The molecular formula is C23H22F3NO2. The van der Waals surface area contributed by atoms with Gasteiger partial charge in [0.25, 0.3) is 5.91 Å². The molecule has 1 amide bonds. The summed E-state index contributed by atoms with van der Waals surface area (Å²) in [5.74, 6) is 5.55. The number of Topliss-reactive ketones (excluding diaryl/α,β-unsaturated/α-hetero) is 1. The summed E-state index contributed by atoms with van der Waals surface area (Å²) in [6, 6.07) is 13.8. The SMILES string of the molecule is CC(=O)CC(C)Cc1ccc(C#Cc2cccc(C(=O)NCC(F)(F)F)c2)cc1. The van der Waals surface area contributed by atoms with Gasteiger partial charge in [-0.05, 0) is 55.2 Å². The average molecular weight is 401 g/mol. The molecule has 0 bridgehead atoms. The molecule has 6 heteroatoms. The second-order valence-corrected chi connectivity index (χ2v) is 7.04. The molecule has 0 saturated heterocycles. The van der Waals surface area contributed by atoms with Crippen molar-refractivity contribution in [2.45, 2.75) is 32.9 Å². The van der Waals surface area contributed by atoms with E-state index in [2.05, 4.69) is 11.8 Å². The van der Waals surface area contributed by atoms with E-state index in [9.17, 15) is 22.8 Å². The molecular weight excluding hydrogens is 379 g/mol. The highest BCUT2D eigenvalue weighted by Gasteiger charge is 2.27. The third-order valence-corrected chi connectivity index (χ3v) is 4.10. The molecule has 0 aliphatic carbocycles. The standard InChI is InChI=1S/C23H22F3NO2/c1-16(12-17(2)28)13-20-10-7-18(8-11-20)6-9-19-4-3-5-21(14-19)22(29)27-15-23(24,25)26/h3-5,7-8,10-11,14,16H,12-13,15H2,1-2H3,(H,27,29). The number of halogens is 3. The average Bonchev–Trinajstić information content (AvgIpc) is 2.64. The second-order valence-electron chi connectivity index (χ2n) is 7.04. The Balaban J connectivity index is 2.02. The molecule has 0 aliphatic heterocycles. The maximum absolute atomic E-state index is 12.2. The monoisotopic (exact) mass is 401 g/mol. The Kier molecular flexibility index (Phi) is 7.60. The smallest absolute Gasteiger partial charge is 0.343 e. The molecule has 3 nitrogen and oxygen atoms in total. The summed E-state index contributed by atoms with van der Waals surface area (Å²) in [7, 11) is 0. The summed E-state index contributed by atoms with van der Waals surface area (Å²) in [4.78, 5) is 23.0. The molecule has 2 rings (SSSR count). The number of ketones is 1. The minimum absolute atomic E-state index is 0.121. The van der Waals surface area contributed by atoms with E-state index < -0.39 is 18.6 Å². The highest BCUT2D eigenvalue weighted by molar-refractivity contribution is 5.94. The molecule has 0 aliphatic rings. The van der Waals surface area contributed by atoms with Crippen molar-refractivity contribution >= 4 is 11.7 Å². The summed E-state index contributed by atoms with van der Waals surface area (Å²) < 4.78 is 36.7. The predicted molar refractivity (Wildman–Crippen MR) is 105 cm³/mol. The van der Waals surface area contributed by atoms with Crippen LogP contribution in [0, 0.1) is 17.8 Å². The van der Waals surface area contributed by atoms with Crippen LogP contribution in [0.3, 0.4) is 0 Å². The normalized spacial score (nSPS) is 11.9. The number of benzene rings is 2. The van der Waals surface area contributed by atoms with Crippen LogP contribution in [-0.4, -0.2) is 24.4 Å². The van der Waals surface area contributed by atoms with E-state index in [0.717, 1.165) is 17.5 Å². The van der Waals surface area contributed by atoms with Gasteiger partial charge >= 0.3 is 6.18 Å². The third kappa shape index (κ3) is 8.22. The van der Waals surface area contributed by atoms with Crippen molar-refractivity contribution in [1.82, 2.24) is 5.32 Å². The summed E-state index contributed by atoms with van der Waals surface area (Å²) >= 11 is 0. The Morgan fingerprint density at radius 2 is 1.69 bits per heavy atom. The van der Waals surface area contributed by atoms with E-state index in [1.165, 1.54) is 12.1 Å². The number of amides is 1. The van der Waals surface area contributed by atoms with Crippen LogP contribution in [0.1, 0.15) is 47.3 Å². The van der Waals surface area contributed by atoms with E-state index in [4.69, 9.17) is 0 Å². The van der Waals surface area contributed by atoms with Gasteiger partial charge in [-0.3, -0.25) is 4.79 Å². The fraction of sp³-hybridized carbons (Fsp3) is 0.304. The quantitative estimate of drug-likeness (QED) is 0.723. The molecule has 2 aromatic rings. The maximum atomic E-state index is 12.2. The highest BCUT2D eigenvalue weighted by Crippen LogP contribution is 2.14. The van der Waals surface area contributed by atoms with Crippen LogP contribution < -0.4 is 5.32 Å². The molecule has 29 heavy (non-hydrogen) atoms. The van der Waals surface area contributed by atoms with E-state index in [1.807, 2.05) is 36.5 Å². The lowest BCUT2D eigenvalue weighted by Crippen LogP contribution is -2.33. The van der Waals surface area contributed by atoms with Gasteiger partial charge in [0.1, 0.15) is 12.3 Å². The highest BCUT2D eigenvalue weighted by atomic mass is 19.4. The minimum Gasteiger partial charge on any atom is -0.343 e. The number of hydrogen-bond donors (Lipinski definition) is 1. The van der Waals surface area contributed by atoms with Crippen molar-refractivity contribution in [2.75, 3.05) is 6.54 Å². The molecule has 0 radical (unpaired) electrons. The van der Waals surface area contributed by atoms with Crippen LogP contribution in [0.2, 0.25) is 0 Å². The number of hydrogen-bond acceptors (Lipinski definition) is 2. The van der Waals surface area contributed by atoms with Crippen molar-refractivity contribution < 1.29 is 22.8 Å². The zero-order valence-corrected chi connectivity index (χ0v) is 16.3.